The van der Waals surface area contributed by atoms with E-state index in [0.717, 1.165) is 31.2 Å². The van der Waals surface area contributed by atoms with E-state index < -0.39 is 0 Å². The number of nitrogens with one attached hydrogen (secondary N) is 2. The molecule has 1 saturated carbocycles. The van der Waals surface area contributed by atoms with Crippen molar-refractivity contribution in [3.8, 4) is 0 Å². The highest BCUT2D eigenvalue weighted by molar-refractivity contribution is 5.73. The van der Waals surface area contributed by atoms with E-state index in [9.17, 15) is 9.18 Å². The molecule has 0 aliphatic heterocycles. The lowest BCUT2D eigenvalue weighted by atomic mass is 9.69. The molecule has 1 fully saturated rings. The van der Waals surface area contributed by atoms with Crippen LogP contribution in [0.2, 0.25) is 0 Å². The smallest absolute Gasteiger partial charge is 0.315 e. The zero-order chi connectivity index (χ0) is 17.7. The number of amides is 2. The van der Waals surface area contributed by atoms with Crippen LogP contribution in [-0.4, -0.2) is 27.3 Å². The Labute approximate surface area is 146 Å². The Morgan fingerprint density at radius 3 is 2.56 bits per heavy atom. The van der Waals surface area contributed by atoms with Gasteiger partial charge in [0.2, 0.25) is 0 Å². The Balaban J connectivity index is 1.61. The maximum Gasteiger partial charge on any atom is 0.315 e. The third-order valence-corrected chi connectivity index (χ3v) is 5.07. The van der Waals surface area contributed by atoms with Crippen molar-refractivity contribution < 1.29 is 9.18 Å². The fourth-order valence-electron chi connectivity index (χ4n) is 3.55. The zero-order valence-electron chi connectivity index (χ0n) is 14.5. The van der Waals surface area contributed by atoms with Gasteiger partial charge in [0.1, 0.15) is 18.0 Å². The first-order valence-electron chi connectivity index (χ1n) is 8.70. The predicted octanol–water partition coefficient (Wildman–Crippen LogP) is 2.66. The summed E-state index contributed by atoms with van der Waals surface area (Å²) in [6.07, 6.45) is 6.92. The monoisotopic (exact) mass is 345 g/mol. The first-order chi connectivity index (χ1) is 12.1. The van der Waals surface area contributed by atoms with Crippen LogP contribution < -0.4 is 10.6 Å². The standard InChI is InChI=1S/C18H24FN5O/c1-24-16(22-13-23-24)11-20-17(25)21-12-18(9-3-2-4-10-18)14-5-7-15(19)8-6-14/h5-8,13H,2-4,9-12H2,1H3,(H2,20,21,25). The summed E-state index contributed by atoms with van der Waals surface area (Å²) in [5.74, 6) is 0.463. The summed E-state index contributed by atoms with van der Waals surface area (Å²) in [6, 6.07) is 6.47. The maximum atomic E-state index is 13.3. The van der Waals surface area contributed by atoms with Gasteiger partial charge in [-0.05, 0) is 30.5 Å². The Morgan fingerprint density at radius 1 is 1.20 bits per heavy atom. The van der Waals surface area contributed by atoms with Gasteiger partial charge in [-0.15, -0.1) is 0 Å². The number of aryl methyl sites for hydroxylation is 1. The molecule has 2 aromatic rings. The van der Waals surface area contributed by atoms with Gasteiger partial charge >= 0.3 is 6.03 Å². The second kappa shape index (κ2) is 7.63. The highest BCUT2D eigenvalue weighted by Gasteiger charge is 2.34. The molecule has 134 valence electrons. The molecule has 1 aromatic heterocycles. The van der Waals surface area contributed by atoms with Crippen molar-refractivity contribution in [3.05, 3.63) is 47.8 Å². The van der Waals surface area contributed by atoms with Crippen LogP contribution in [0.3, 0.4) is 0 Å². The first kappa shape index (κ1) is 17.4. The van der Waals surface area contributed by atoms with Crippen LogP contribution in [0.4, 0.5) is 9.18 Å². The Bertz CT molecular complexity index is 707. The largest absolute Gasteiger partial charge is 0.337 e. The topological polar surface area (TPSA) is 71.8 Å². The second-order valence-corrected chi connectivity index (χ2v) is 6.68. The second-order valence-electron chi connectivity index (χ2n) is 6.68. The lowest BCUT2D eigenvalue weighted by molar-refractivity contribution is 0.229. The third kappa shape index (κ3) is 4.15. The quantitative estimate of drug-likeness (QED) is 0.875. The number of aromatic nitrogens is 3. The molecule has 2 amide bonds. The number of hydrogen-bond donors (Lipinski definition) is 2. The van der Waals surface area contributed by atoms with Crippen molar-refractivity contribution in [1.82, 2.24) is 25.4 Å². The van der Waals surface area contributed by atoms with Crippen molar-refractivity contribution >= 4 is 6.03 Å². The summed E-state index contributed by atoms with van der Waals surface area (Å²) in [6.45, 7) is 0.870. The summed E-state index contributed by atoms with van der Waals surface area (Å²) in [5.41, 5.74) is 0.982. The van der Waals surface area contributed by atoms with E-state index in [1.165, 1.54) is 24.9 Å². The molecule has 2 N–H and O–H groups in total. The molecule has 0 spiro atoms. The molecule has 0 saturated heterocycles. The molecule has 1 aliphatic carbocycles. The van der Waals surface area contributed by atoms with Gasteiger partial charge in [0, 0.05) is 19.0 Å². The Kier molecular flexibility index (Phi) is 5.31. The number of nitrogens with zero attached hydrogens (tertiary/aromatic N) is 3. The number of halogens is 1. The van der Waals surface area contributed by atoms with Gasteiger partial charge in [0.05, 0.1) is 6.54 Å². The van der Waals surface area contributed by atoms with Crippen molar-refractivity contribution in [2.45, 2.75) is 44.1 Å². The molecule has 3 rings (SSSR count). The zero-order valence-corrected chi connectivity index (χ0v) is 14.5. The van der Waals surface area contributed by atoms with Gasteiger partial charge in [-0.25, -0.2) is 14.2 Å². The van der Waals surface area contributed by atoms with E-state index >= 15 is 0 Å². The van der Waals surface area contributed by atoms with Gasteiger partial charge in [-0.3, -0.25) is 4.68 Å². The lowest BCUT2D eigenvalue weighted by Crippen LogP contribution is -2.45. The van der Waals surface area contributed by atoms with E-state index in [4.69, 9.17) is 0 Å². The highest BCUT2D eigenvalue weighted by atomic mass is 19.1. The summed E-state index contributed by atoms with van der Waals surface area (Å²) >= 11 is 0. The fraction of sp³-hybridized carbons (Fsp3) is 0.500. The van der Waals surface area contributed by atoms with Crippen LogP contribution in [0, 0.1) is 5.82 Å². The molecule has 0 radical (unpaired) electrons. The lowest BCUT2D eigenvalue weighted by Gasteiger charge is -2.38. The van der Waals surface area contributed by atoms with E-state index in [-0.39, 0.29) is 17.3 Å². The molecular weight excluding hydrogens is 321 g/mol. The average molecular weight is 345 g/mol. The molecule has 25 heavy (non-hydrogen) atoms. The third-order valence-electron chi connectivity index (χ3n) is 5.07. The summed E-state index contributed by atoms with van der Waals surface area (Å²) < 4.78 is 14.9. The number of rotatable bonds is 5. The van der Waals surface area contributed by atoms with E-state index in [1.54, 1.807) is 11.7 Å². The molecule has 0 atom stereocenters. The van der Waals surface area contributed by atoms with Crippen LogP contribution in [-0.2, 0) is 19.0 Å². The molecular formula is C18H24FN5O. The summed E-state index contributed by atoms with van der Waals surface area (Å²) in [7, 11) is 1.79. The number of benzene rings is 1. The van der Waals surface area contributed by atoms with Crippen molar-refractivity contribution in [2.75, 3.05) is 6.54 Å². The minimum Gasteiger partial charge on any atom is -0.337 e. The highest BCUT2D eigenvalue weighted by Crippen LogP contribution is 2.39. The number of hydrogen-bond acceptors (Lipinski definition) is 3. The Morgan fingerprint density at radius 2 is 1.92 bits per heavy atom. The predicted molar refractivity (Wildman–Crippen MR) is 92.4 cm³/mol. The molecule has 6 nitrogen and oxygen atoms in total. The molecule has 0 bridgehead atoms. The van der Waals surface area contributed by atoms with E-state index in [1.807, 2.05) is 12.1 Å². The molecule has 1 aromatic carbocycles. The number of urea groups is 1. The van der Waals surface area contributed by atoms with Crippen LogP contribution >= 0.6 is 0 Å². The minimum atomic E-state index is -0.232. The molecule has 7 heteroatoms. The molecule has 0 unspecified atom stereocenters. The van der Waals surface area contributed by atoms with Crippen LogP contribution in [0.15, 0.2) is 30.6 Å². The summed E-state index contributed by atoms with van der Waals surface area (Å²) in [5, 5.41) is 9.77. The van der Waals surface area contributed by atoms with Gasteiger partial charge in [0.15, 0.2) is 0 Å². The Hall–Kier alpha value is -2.44. The SMILES string of the molecule is Cn1ncnc1CNC(=O)NCC1(c2ccc(F)cc2)CCCCC1. The number of carbonyl (C=O) groups excluding carboxylic acids is 1. The van der Waals surface area contributed by atoms with Crippen LogP contribution in [0.5, 0.6) is 0 Å². The fourth-order valence-corrected chi connectivity index (χ4v) is 3.55. The maximum absolute atomic E-state index is 13.3. The van der Waals surface area contributed by atoms with Crippen LogP contribution in [0.1, 0.15) is 43.5 Å². The number of carbonyl (C=O) groups is 1. The molecule has 1 heterocycles. The van der Waals surface area contributed by atoms with Crippen molar-refractivity contribution in [2.24, 2.45) is 7.05 Å². The first-order valence-corrected chi connectivity index (χ1v) is 8.70. The van der Waals surface area contributed by atoms with Gasteiger partial charge < -0.3 is 10.6 Å². The van der Waals surface area contributed by atoms with E-state index in [2.05, 4.69) is 20.7 Å². The van der Waals surface area contributed by atoms with Gasteiger partial charge in [0.25, 0.3) is 0 Å². The minimum absolute atomic E-state index is 0.117. The normalized spacial score (nSPS) is 16.4. The molecule has 1 aliphatic rings. The van der Waals surface area contributed by atoms with Crippen LogP contribution in [0.25, 0.3) is 0 Å². The van der Waals surface area contributed by atoms with Crippen molar-refractivity contribution in [1.29, 1.82) is 0 Å². The van der Waals surface area contributed by atoms with Crippen molar-refractivity contribution in [3.63, 3.8) is 0 Å². The average Bonchev–Trinajstić information content (AvgIpc) is 3.04. The van der Waals surface area contributed by atoms with E-state index in [0.29, 0.717) is 18.9 Å². The van der Waals surface area contributed by atoms with Gasteiger partial charge in [-0.1, -0.05) is 31.4 Å². The summed E-state index contributed by atoms with van der Waals surface area (Å²) in [4.78, 5) is 16.3. The van der Waals surface area contributed by atoms with Gasteiger partial charge in [-0.2, -0.15) is 5.10 Å².